The molecule has 1 saturated heterocycles. The van der Waals surface area contributed by atoms with Crippen molar-refractivity contribution in [3.8, 4) is 0 Å². The third kappa shape index (κ3) is 3.23. The van der Waals surface area contributed by atoms with Crippen LogP contribution in [0.4, 0.5) is 0 Å². The van der Waals surface area contributed by atoms with E-state index in [2.05, 4.69) is 9.97 Å². The van der Waals surface area contributed by atoms with Gasteiger partial charge in [-0.15, -0.1) is 11.3 Å². The molecule has 0 aliphatic carbocycles. The Bertz CT molecular complexity index is 993. The van der Waals surface area contributed by atoms with Crippen LogP contribution >= 0.6 is 11.3 Å². The van der Waals surface area contributed by atoms with Crippen LogP contribution in [0.25, 0.3) is 11.0 Å². The van der Waals surface area contributed by atoms with Crippen LogP contribution in [0.2, 0.25) is 0 Å². The van der Waals surface area contributed by atoms with Crippen molar-refractivity contribution in [1.82, 2.24) is 19.8 Å². The average Bonchev–Trinajstić information content (AvgIpc) is 3.44. The van der Waals surface area contributed by atoms with Gasteiger partial charge in [0.25, 0.3) is 11.8 Å². The number of carbonyl (C=O) groups is 2. The van der Waals surface area contributed by atoms with Gasteiger partial charge >= 0.3 is 0 Å². The van der Waals surface area contributed by atoms with Gasteiger partial charge in [0.2, 0.25) is 0 Å². The number of hydrogen-bond donors (Lipinski definition) is 1. The second-order valence-corrected chi connectivity index (χ2v) is 7.93. The number of rotatable bonds is 4. The number of carbonyl (C=O) groups excluding carboxylic acids is 2. The molecule has 140 valence electrons. The molecule has 1 fully saturated rings. The van der Waals surface area contributed by atoms with E-state index in [1.54, 1.807) is 18.3 Å². The third-order valence-corrected chi connectivity index (χ3v) is 6.34. The third-order valence-electron chi connectivity index (χ3n) is 5.17. The molecule has 3 heterocycles. The van der Waals surface area contributed by atoms with Gasteiger partial charge in [0.05, 0.1) is 28.3 Å². The number of imidazole rings is 1. The van der Waals surface area contributed by atoms with E-state index in [0.717, 1.165) is 40.2 Å². The first-order valence-corrected chi connectivity index (χ1v) is 9.99. The molecule has 1 aromatic carbocycles. The summed E-state index contributed by atoms with van der Waals surface area (Å²) >= 11 is 1.50. The molecule has 27 heavy (non-hydrogen) atoms. The molecule has 3 aromatic rings. The Hall–Kier alpha value is -2.67. The van der Waals surface area contributed by atoms with Crippen molar-refractivity contribution in [3.05, 3.63) is 52.0 Å². The largest absolute Gasteiger partial charge is 0.345 e. The lowest BCUT2D eigenvalue weighted by Crippen LogP contribution is -2.30. The summed E-state index contributed by atoms with van der Waals surface area (Å²) in [6.07, 6.45) is 3.53. The van der Waals surface area contributed by atoms with Gasteiger partial charge in [-0.1, -0.05) is 0 Å². The fourth-order valence-electron chi connectivity index (χ4n) is 3.52. The highest BCUT2D eigenvalue weighted by Crippen LogP contribution is 2.37. The number of nitrogens with one attached hydrogen (secondary N) is 1. The lowest BCUT2D eigenvalue weighted by atomic mass is 10.1. The van der Waals surface area contributed by atoms with Crippen LogP contribution in [-0.2, 0) is 0 Å². The minimum Gasteiger partial charge on any atom is -0.345 e. The number of nitrogens with zero attached hydrogens (tertiary/aromatic N) is 3. The molecule has 1 aliphatic rings. The highest BCUT2D eigenvalue weighted by atomic mass is 32.1. The zero-order valence-corrected chi connectivity index (χ0v) is 16.3. The van der Waals surface area contributed by atoms with Gasteiger partial charge in [-0.05, 0) is 50.1 Å². The molecule has 0 unspecified atom stereocenters. The summed E-state index contributed by atoms with van der Waals surface area (Å²) < 4.78 is 0. The maximum absolute atomic E-state index is 13.1. The molecular formula is C20H22N4O2S. The predicted molar refractivity (Wildman–Crippen MR) is 106 cm³/mol. The number of aromatic nitrogens is 2. The van der Waals surface area contributed by atoms with Crippen molar-refractivity contribution in [2.45, 2.75) is 25.8 Å². The molecule has 2 amide bonds. The van der Waals surface area contributed by atoms with E-state index in [-0.39, 0.29) is 17.9 Å². The summed E-state index contributed by atoms with van der Waals surface area (Å²) in [6, 6.07) is 9.47. The Balaban J connectivity index is 1.57. The predicted octanol–water partition coefficient (Wildman–Crippen LogP) is 3.69. The number of thiophene rings is 1. The maximum atomic E-state index is 13.1. The van der Waals surface area contributed by atoms with Crippen LogP contribution in [0.5, 0.6) is 0 Å². The number of fused-ring (bicyclic) bond motifs is 1. The minimum absolute atomic E-state index is 0.0287. The molecule has 0 radical (unpaired) electrons. The maximum Gasteiger partial charge on any atom is 0.263 e. The molecule has 1 atom stereocenters. The standard InChI is InChI=1S/C20H22N4O2S/c1-3-23(2)20(26)18-9-8-17(27-18)16-5-4-10-24(16)19(25)13-6-7-14-15(11-13)22-12-21-14/h6-9,11-12,16H,3-5,10H2,1-2H3,(H,21,22)/t16-/m1/s1. The van der Waals surface area contributed by atoms with E-state index in [1.165, 1.54) is 11.3 Å². The smallest absolute Gasteiger partial charge is 0.263 e. The van der Waals surface area contributed by atoms with Crippen molar-refractivity contribution in [3.63, 3.8) is 0 Å². The summed E-state index contributed by atoms with van der Waals surface area (Å²) in [4.78, 5) is 38.2. The molecule has 7 heteroatoms. The molecule has 4 rings (SSSR count). The van der Waals surface area contributed by atoms with Gasteiger partial charge in [0, 0.05) is 30.6 Å². The van der Waals surface area contributed by atoms with E-state index in [4.69, 9.17) is 0 Å². The number of likely N-dealkylation sites (tertiary alicyclic amines) is 1. The second kappa shape index (κ2) is 7.15. The number of aromatic amines is 1. The Morgan fingerprint density at radius 2 is 2.19 bits per heavy atom. The Kier molecular flexibility index (Phi) is 4.70. The lowest BCUT2D eigenvalue weighted by Gasteiger charge is -2.24. The number of amides is 2. The van der Waals surface area contributed by atoms with Crippen molar-refractivity contribution in [1.29, 1.82) is 0 Å². The van der Waals surface area contributed by atoms with E-state index < -0.39 is 0 Å². The quantitative estimate of drug-likeness (QED) is 0.748. The summed E-state index contributed by atoms with van der Waals surface area (Å²) in [5.74, 6) is 0.0651. The fourth-order valence-corrected chi connectivity index (χ4v) is 4.67. The highest BCUT2D eigenvalue weighted by Gasteiger charge is 2.32. The minimum atomic E-state index is 0.0287. The number of hydrogen-bond acceptors (Lipinski definition) is 4. The van der Waals surface area contributed by atoms with Gasteiger partial charge in [-0.2, -0.15) is 0 Å². The lowest BCUT2D eigenvalue weighted by molar-refractivity contribution is 0.0737. The first kappa shape index (κ1) is 17.7. The second-order valence-electron chi connectivity index (χ2n) is 6.81. The number of H-pyrrole nitrogens is 1. The Morgan fingerprint density at radius 1 is 1.33 bits per heavy atom. The van der Waals surface area contributed by atoms with Crippen LogP contribution in [-0.4, -0.2) is 51.7 Å². The zero-order valence-electron chi connectivity index (χ0n) is 15.4. The molecule has 0 bridgehead atoms. The van der Waals surface area contributed by atoms with E-state index in [9.17, 15) is 9.59 Å². The van der Waals surface area contributed by atoms with Crippen molar-refractivity contribution >= 4 is 34.2 Å². The Morgan fingerprint density at radius 3 is 3.00 bits per heavy atom. The normalized spacial score (nSPS) is 16.8. The van der Waals surface area contributed by atoms with E-state index in [0.29, 0.717) is 12.1 Å². The van der Waals surface area contributed by atoms with Gasteiger partial charge in [0.15, 0.2) is 0 Å². The molecular weight excluding hydrogens is 360 g/mol. The highest BCUT2D eigenvalue weighted by molar-refractivity contribution is 7.14. The van der Waals surface area contributed by atoms with Crippen molar-refractivity contribution in [2.75, 3.05) is 20.1 Å². The molecule has 0 saturated carbocycles. The zero-order chi connectivity index (χ0) is 19.0. The summed E-state index contributed by atoms with van der Waals surface area (Å²) in [6.45, 7) is 3.37. The van der Waals surface area contributed by atoms with Crippen LogP contribution in [0.15, 0.2) is 36.7 Å². The molecule has 2 aromatic heterocycles. The van der Waals surface area contributed by atoms with Crippen molar-refractivity contribution in [2.24, 2.45) is 0 Å². The van der Waals surface area contributed by atoms with Gasteiger partial charge in [-0.3, -0.25) is 9.59 Å². The molecule has 1 aliphatic heterocycles. The monoisotopic (exact) mass is 382 g/mol. The summed E-state index contributed by atoms with van der Waals surface area (Å²) in [7, 11) is 1.80. The molecule has 0 spiro atoms. The summed E-state index contributed by atoms with van der Waals surface area (Å²) in [5, 5.41) is 0. The molecule has 6 nitrogen and oxygen atoms in total. The number of benzene rings is 1. The van der Waals surface area contributed by atoms with Crippen LogP contribution in [0.1, 0.15) is 50.7 Å². The average molecular weight is 382 g/mol. The van der Waals surface area contributed by atoms with Crippen LogP contribution in [0, 0.1) is 0 Å². The molecule has 1 N–H and O–H groups in total. The van der Waals surface area contributed by atoms with Gasteiger partial charge < -0.3 is 14.8 Å². The van der Waals surface area contributed by atoms with Gasteiger partial charge in [-0.25, -0.2) is 4.98 Å². The first-order chi connectivity index (χ1) is 13.1. The van der Waals surface area contributed by atoms with Crippen molar-refractivity contribution < 1.29 is 9.59 Å². The topological polar surface area (TPSA) is 69.3 Å². The van der Waals surface area contributed by atoms with Crippen LogP contribution < -0.4 is 0 Å². The summed E-state index contributed by atoms with van der Waals surface area (Å²) in [5.41, 5.74) is 2.38. The van der Waals surface area contributed by atoms with E-state index in [1.807, 2.05) is 42.2 Å². The van der Waals surface area contributed by atoms with E-state index >= 15 is 0 Å². The SMILES string of the molecule is CCN(C)C(=O)c1ccc([C@H]2CCCN2C(=O)c2ccc3nc[nH]c3c2)s1. The first-order valence-electron chi connectivity index (χ1n) is 9.17. The van der Waals surface area contributed by atoms with Crippen LogP contribution in [0.3, 0.4) is 0 Å². The van der Waals surface area contributed by atoms with Gasteiger partial charge in [0.1, 0.15) is 0 Å². The fraction of sp³-hybridized carbons (Fsp3) is 0.350. The Labute approximate surface area is 161 Å².